The molecule has 1 aliphatic rings. The topological polar surface area (TPSA) is 58.1 Å². The minimum atomic E-state index is -4.35. The summed E-state index contributed by atoms with van der Waals surface area (Å²) >= 11 is 1.44. The molecule has 1 N–H and O–H groups in total. The number of alkyl halides is 3. The van der Waals surface area contributed by atoms with Gasteiger partial charge in [-0.15, -0.1) is 11.3 Å². The Morgan fingerprint density at radius 2 is 2.19 bits per heavy atom. The van der Waals surface area contributed by atoms with Crippen molar-refractivity contribution in [3.63, 3.8) is 0 Å². The number of hydrogen-bond donors (Lipinski definition) is 1. The molecule has 146 valence electrons. The van der Waals surface area contributed by atoms with Gasteiger partial charge in [-0.1, -0.05) is 0 Å². The summed E-state index contributed by atoms with van der Waals surface area (Å²) in [5.74, 6) is 0.129. The highest BCUT2D eigenvalue weighted by Crippen LogP contribution is 2.31. The number of likely N-dealkylation sites (tertiary alicyclic amines) is 1. The average Bonchev–Trinajstić information content (AvgIpc) is 3.15. The molecular formula is C18H21F3N4OS. The number of halogens is 3. The highest BCUT2D eigenvalue weighted by Gasteiger charge is 2.32. The van der Waals surface area contributed by atoms with Crippen LogP contribution in [0.15, 0.2) is 18.3 Å². The van der Waals surface area contributed by atoms with E-state index < -0.39 is 11.7 Å². The van der Waals surface area contributed by atoms with Gasteiger partial charge in [0, 0.05) is 42.5 Å². The molecule has 3 rings (SSSR count). The molecular weight excluding hydrogens is 377 g/mol. The Balaban J connectivity index is 1.58. The largest absolute Gasteiger partial charge is 0.416 e. The number of aryl methyl sites for hydroxylation is 1. The first kappa shape index (κ1) is 19.8. The van der Waals surface area contributed by atoms with Gasteiger partial charge in [0.05, 0.1) is 5.56 Å². The van der Waals surface area contributed by atoms with Crippen molar-refractivity contribution in [2.24, 2.45) is 5.92 Å². The molecule has 1 atom stereocenters. The van der Waals surface area contributed by atoms with Gasteiger partial charge in [-0.25, -0.2) is 4.98 Å². The molecule has 0 aromatic carbocycles. The summed E-state index contributed by atoms with van der Waals surface area (Å²) in [6, 6.07) is 2.25. The first-order valence-electron chi connectivity index (χ1n) is 8.68. The molecule has 9 heteroatoms. The molecule has 1 amide bonds. The summed E-state index contributed by atoms with van der Waals surface area (Å²) in [6.45, 7) is 5.45. The average molecular weight is 398 g/mol. The number of nitrogens with zero attached hydrogens (tertiary/aromatic N) is 3. The van der Waals surface area contributed by atoms with Crippen molar-refractivity contribution >= 4 is 22.4 Å². The third-order valence-corrected chi connectivity index (χ3v) is 5.32. The quantitative estimate of drug-likeness (QED) is 0.830. The number of thiazole rings is 1. The Bertz CT molecular complexity index is 821. The zero-order chi connectivity index (χ0) is 19.6. The van der Waals surface area contributed by atoms with Crippen LogP contribution in [0.5, 0.6) is 0 Å². The Hall–Kier alpha value is -2.00. The van der Waals surface area contributed by atoms with Crippen LogP contribution in [-0.4, -0.2) is 33.9 Å². The highest BCUT2D eigenvalue weighted by molar-refractivity contribution is 7.15. The highest BCUT2D eigenvalue weighted by atomic mass is 32.1. The van der Waals surface area contributed by atoms with Crippen LogP contribution in [0.4, 0.5) is 18.3 Å². The fourth-order valence-electron chi connectivity index (χ4n) is 3.33. The fourth-order valence-corrected chi connectivity index (χ4v) is 4.23. The summed E-state index contributed by atoms with van der Waals surface area (Å²) < 4.78 is 38.9. The standard InChI is InChI=1S/C18H21F3N4OS/c1-11-5-14(18(19,20)21)7-15(23-11)6-13-3-4-25(9-13)10-16-8-22-17(27-16)24-12(2)26/h5,7-8,13H,3-4,6,9-10H2,1-2H3,(H,22,24,26). The van der Waals surface area contributed by atoms with Gasteiger partial charge >= 0.3 is 6.18 Å². The fraction of sp³-hybridized carbons (Fsp3) is 0.500. The lowest BCUT2D eigenvalue weighted by Crippen LogP contribution is -2.20. The van der Waals surface area contributed by atoms with Crippen LogP contribution in [0, 0.1) is 12.8 Å². The number of anilines is 1. The van der Waals surface area contributed by atoms with E-state index in [0.29, 0.717) is 22.9 Å². The van der Waals surface area contributed by atoms with Gasteiger partial charge in [0.25, 0.3) is 0 Å². The molecule has 2 aromatic heterocycles. The Morgan fingerprint density at radius 1 is 1.41 bits per heavy atom. The van der Waals surface area contributed by atoms with E-state index in [-0.39, 0.29) is 11.8 Å². The number of carbonyl (C=O) groups excluding carboxylic acids is 1. The molecule has 27 heavy (non-hydrogen) atoms. The van der Waals surface area contributed by atoms with Gasteiger partial charge in [0.1, 0.15) is 0 Å². The van der Waals surface area contributed by atoms with Crippen molar-refractivity contribution < 1.29 is 18.0 Å². The van der Waals surface area contributed by atoms with E-state index in [4.69, 9.17) is 0 Å². The number of pyridine rings is 1. The SMILES string of the molecule is CC(=O)Nc1ncc(CN2CCC(Cc3cc(C(F)(F)F)cc(C)n3)C2)s1. The minimum Gasteiger partial charge on any atom is -0.302 e. The van der Waals surface area contributed by atoms with Crippen molar-refractivity contribution in [1.82, 2.24) is 14.9 Å². The van der Waals surface area contributed by atoms with Crippen LogP contribution in [0.2, 0.25) is 0 Å². The van der Waals surface area contributed by atoms with E-state index in [1.54, 1.807) is 13.1 Å². The Kier molecular flexibility index (Phi) is 5.81. The first-order valence-corrected chi connectivity index (χ1v) is 9.50. The predicted octanol–water partition coefficient (Wildman–Crippen LogP) is 3.89. The zero-order valence-corrected chi connectivity index (χ0v) is 16.0. The predicted molar refractivity (Wildman–Crippen MR) is 97.5 cm³/mol. The summed E-state index contributed by atoms with van der Waals surface area (Å²) in [6.07, 6.45) is -1.13. The van der Waals surface area contributed by atoms with Crippen LogP contribution in [0.1, 0.15) is 35.2 Å². The molecule has 1 aliphatic heterocycles. The van der Waals surface area contributed by atoms with Crippen LogP contribution >= 0.6 is 11.3 Å². The van der Waals surface area contributed by atoms with E-state index in [0.717, 1.165) is 37.0 Å². The molecule has 1 unspecified atom stereocenters. The summed E-state index contributed by atoms with van der Waals surface area (Å²) in [5.41, 5.74) is 0.264. The number of carbonyl (C=O) groups is 1. The maximum atomic E-state index is 13.0. The minimum absolute atomic E-state index is 0.152. The monoisotopic (exact) mass is 398 g/mol. The number of rotatable bonds is 5. The van der Waals surface area contributed by atoms with E-state index in [1.807, 2.05) is 0 Å². The van der Waals surface area contributed by atoms with Gasteiger partial charge in [-0.3, -0.25) is 14.7 Å². The van der Waals surface area contributed by atoms with Crippen LogP contribution in [-0.2, 0) is 23.9 Å². The van der Waals surface area contributed by atoms with E-state index in [1.165, 1.54) is 24.3 Å². The third-order valence-electron chi connectivity index (χ3n) is 4.42. The lowest BCUT2D eigenvalue weighted by Gasteiger charge is -2.15. The van der Waals surface area contributed by atoms with E-state index in [9.17, 15) is 18.0 Å². The molecule has 1 saturated heterocycles. The van der Waals surface area contributed by atoms with Crippen molar-refractivity contribution in [3.05, 3.63) is 40.2 Å². The maximum Gasteiger partial charge on any atom is 0.416 e. The summed E-state index contributed by atoms with van der Waals surface area (Å²) in [4.78, 5) is 22.8. The summed E-state index contributed by atoms with van der Waals surface area (Å²) in [5, 5.41) is 3.24. The first-order chi connectivity index (χ1) is 12.7. The van der Waals surface area contributed by atoms with Crippen molar-refractivity contribution in [3.8, 4) is 0 Å². The second kappa shape index (κ2) is 7.93. The molecule has 3 heterocycles. The van der Waals surface area contributed by atoms with Crippen molar-refractivity contribution in [1.29, 1.82) is 0 Å². The lowest BCUT2D eigenvalue weighted by molar-refractivity contribution is -0.137. The van der Waals surface area contributed by atoms with Gasteiger partial charge < -0.3 is 5.32 Å². The zero-order valence-electron chi connectivity index (χ0n) is 15.1. The second-order valence-electron chi connectivity index (χ2n) is 6.89. The number of aromatic nitrogens is 2. The van der Waals surface area contributed by atoms with E-state index in [2.05, 4.69) is 20.2 Å². The van der Waals surface area contributed by atoms with Gasteiger partial charge in [-0.05, 0) is 44.4 Å². The second-order valence-corrected chi connectivity index (χ2v) is 8.01. The maximum absolute atomic E-state index is 13.0. The Morgan fingerprint density at radius 3 is 2.89 bits per heavy atom. The number of nitrogens with one attached hydrogen (secondary N) is 1. The van der Waals surface area contributed by atoms with Crippen LogP contribution in [0.25, 0.3) is 0 Å². The molecule has 0 bridgehead atoms. The van der Waals surface area contributed by atoms with E-state index >= 15 is 0 Å². The Labute approximate surface area is 159 Å². The van der Waals surface area contributed by atoms with Gasteiger partial charge in [0.15, 0.2) is 5.13 Å². The van der Waals surface area contributed by atoms with Gasteiger partial charge in [0.2, 0.25) is 5.91 Å². The van der Waals surface area contributed by atoms with Gasteiger partial charge in [-0.2, -0.15) is 13.2 Å². The van der Waals surface area contributed by atoms with Crippen molar-refractivity contribution in [2.75, 3.05) is 18.4 Å². The molecule has 1 fully saturated rings. The molecule has 0 aliphatic carbocycles. The number of hydrogen-bond acceptors (Lipinski definition) is 5. The molecule has 0 spiro atoms. The summed E-state index contributed by atoms with van der Waals surface area (Å²) in [7, 11) is 0. The van der Waals surface area contributed by atoms with Crippen LogP contribution < -0.4 is 5.32 Å². The molecule has 2 aromatic rings. The number of amides is 1. The lowest BCUT2D eigenvalue weighted by atomic mass is 10.0. The molecule has 0 saturated carbocycles. The smallest absolute Gasteiger partial charge is 0.302 e. The van der Waals surface area contributed by atoms with Crippen molar-refractivity contribution in [2.45, 2.75) is 39.4 Å². The molecule has 5 nitrogen and oxygen atoms in total. The van der Waals surface area contributed by atoms with Crippen LogP contribution in [0.3, 0.4) is 0 Å². The normalized spacial score (nSPS) is 18.0. The third kappa shape index (κ3) is 5.49. The molecule has 0 radical (unpaired) electrons.